The van der Waals surface area contributed by atoms with E-state index in [4.69, 9.17) is 5.11 Å². The number of aliphatic hydroxyl groups is 1. The fraction of sp³-hybridized carbons (Fsp3) is 0.471. The molecule has 1 aromatic rings. The van der Waals surface area contributed by atoms with Crippen LogP contribution in [0.4, 0.5) is 0 Å². The fourth-order valence-corrected chi connectivity index (χ4v) is 2.62. The van der Waals surface area contributed by atoms with Crippen LogP contribution in [0.15, 0.2) is 24.3 Å². The van der Waals surface area contributed by atoms with Crippen LogP contribution in [0.1, 0.15) is 48.5 Å². The van der Waals surface area contributed by atoms with Crippen molar-refractivity contribution in [1.82, 2.24) is 5.32 Å². The SMILES string of the molecule is CCC1(CNC(=O)c2ccccc2C#CCO)CCC1. The first-order valence-corrected chi connectivity index (χ1v) is 7.18. The van der Waals surface area contributed by atoms with Crippen LogP contribution in [-0.2, 0) is 0 Å². The van der Waals surface area contributed by atoms with Gasteiger partial charge in [-0.05, 0) is 36.8 Å². The number of carbonyl (C=O) groups excluding carboxylic acids is 1. The summed E-state index contributed by atoms with van der Waals surface area (Å²) < 4.78 is 0. The van der Waals surface area contributed by atoms with Crippen molar-refractivity contribution >= 4 is 5.91 Å². The molecule has 3 heteroatoms. The molecule has 1 aromatic carbocycles. The van der Waals surface area contributed by atoms with E-state index in [1.807, 2.05) is 12.1 Å². The molecule has 1 aliphatic rings. The number of nitrogens with one attached hydrogen (secondary N) is 1. The van der Waals surface area contributed by atoms with Crippen molar-refractivity contribution in [2.24, 2.45) is 5.41 Å². The van der Waals surface area contributed by atoms with Gasteiger partial charge in [0, 0.05) is 12.1 Å². The number of amides is 1. The van der Waals surface area contributed by atoms with E-state index in [9.17, 15) is 4.79 Å². The van der Waals surface area contributed by atoms with Gasteiger partial charge in [-0.2, -0.15) is 0 Å². The lowest BCUT2D eigenvalue weighted by Gasteiger charge is -2.41. The van der Waals surface area contributed by atoms with E-state index in [2.05, 4.69) is 24.1 Å². The monoisotopic (exact) mass is 271 g/mol. The van der Waals surface area contributed by atoms with E-state index in [1.165, 1.54) is 19.3 Å². The summed E-state index contributed by atoms with van der Waals surface area (Å²) >= 11 is 0. The molecule has 2 rings (SSSR count). The molecule has 106 valence electrons. The first kappa shape index (κ1) is 14.6. The van der Waals surface area contributed by atoms with Gasteiger partial charge in [-0.1, -0.05) is 37.3 Å². The fourth-order valence-electron chi connectivity index (χ4n) is 2.62. The van der Waals surface area contributed by atoms with Crippen LogP contribution in [0, 0.1) is 17.3 Å². The molecular weight excluding hydrogens is 250 g/mol. The lowest BCUT2D eigenvalue weighted by molar-refractivity contribution is 0.0850. The highest BCUT2D eigenvalue weighted by atomic mass is 16.2. The van der Waals surface area contributed by atoms with Gasteiger partial charge >= 0.3 is 0 Å². The second kappa shape index (κ2) is 6.58. The van der Waals surface area contributed by atoms with E-state index >= 15 is 0 Å². The number of rotatable bonds is 4. The Bertz CT molecular complexity index is 530. The lowest BCUT2D eigenvalue weighted by atomic mass is 9.67. The Morgan fingerprint density at radius 2 is 2.15 bits per heavy atom. The standard InChI is InChI=1S/C17H21NO2/c1-2-17(10-6-11-17)13-18-16(20)15-9-4-3-7-14(15)8-5-12-19/h3-4,7,9,19H,2,6,10-13H2,1H3,(H,18,20). The maximum atomic E-state index is 12.3. The molecule has 1 amide bonds. The topological polar surface area (TPSA) is 49.3 Å². The minimum Gasteiger partial charge on any atom is -0.384 e. The summed E-state index contributed by atoms with van der Waals surface area (Å²) in [5, 5.41) is 11.8. The molecule has 20 heavy (non-hydrogen) atoms. The number of hydrogen-bond acceptors (Lipinski definition) is 2. The summed E-state index contributed by atoms with van der Waals surface area (Å²) in [6.45, 7) is 2.73. The van der Waals surface area contributed by atoms with Crippen LogP contribution >= 0.6 is 0 Å². The van der Waals surface area contributed by atoms with E-state index in [0.29, 0.717) is 16.5 Å². The van der Waals surface area contributed by atoms with Gasteiger partial charge in [-0.3, -0.25) is 4.79 Å². The smallest absolute Gasteiger partial charge is 0.252 e. The Kier molecular flexibility index (Phi) is 4.81. The van der Waals surface area contributed by atoms with Gasteiger partial charge in [0.1, 0.15) is 6.61 Å². The van der Waals surface area contributed by atoms with Crippen molar-refractivity contribution in [2.45, 2.75) is 32.6 Å². The van der Waals surface area contributed by atoms with Gasteiger partial charge in [-0.15, -0.1) is 0 Å². The molecule has 1 saturated carbocycles. The van der Waals surface area contributed by atoms with Gasteiger partial charge in [-0.25, -0.2) is 0 Å². The normalized spacial score (nSPS) is 15.7. The highest BCUT2D eigenvalue weighted by Crippen LogP contribution is 2.43. The molecule has 0 radical (unpaired) electrons. The zero-order chi connectivity index (χ0) is 14.4. The molecule has 0 spiro atoms. The highest BCUT2D eigenvalue weighted by molar-refractivity contribution is 5.96. The number of carbonyl (C=O) groups is 1. The van der Waals surface area contributed by atoms with Crippen molar-refractivity contribution in [3.05, 3.63) is 35.4 Å². The van der Waals surface area contributed by atoms with Gasteiger partial charge in [0.15, 0.2) is 0 Å². The molecule has 0 bridgehead atoms. The quantitative estimate of drug-likeness (QED) is 0.826. The summed E-state index contributed by atoms with van der Waals surface area (Å²) in [5.41, 5.74) is 1.55. The lowest BCUT2D eigenvalue weighted by Crippen LogP contribution is -2.41. The maximum Gasteiger partial charge on any atom is 0.252 e. The first-order valence-electron chi connectivity index (χ1n) is 7.18. The van der Waals surface area contributed by atoms with Gasteiger partial charge in [0.2, 0.25) is 0 Å². The Balaban J connectivity index is 2.05. The number of aliphatic hydroxyl groups excluding tert-OH is 1. The Morgan fingerprint density at radius 3 is 2.75 bits per heavy atom. The molecule has 0 atom stereocenters. The van der Waals surface area contributed by atoms with Gasteiger partial charge in [0.05, 0.1) is 5.56 Å². The zero-order valence-electron chi connectivity index (χ0n) is 11.9. The average Bonchev–Trinajstić information content (AvgIpc) is 2.44. The van der Waals surface area contributed by atoms with E-state index in [-0.39, 0.29) is 12.5 Å². The summed E-state index contributed by atoms with van der Waals surface area (Å²) in [5.74, 6) is 5.34. The van der Waals surface area contributed by atoms with E-state index in [0.717, 1.165) is 13.0 Å². The largest absolute Gasteiger partial charge is 0.384 e. The average molecular weight is 271 g/mol. The van der Waals surface area contributed by atoms with Gasteiger partial charge < -0.3 is 10.4 Å². The van der Waals surface area contributed by atoms with Crippen molar-refractivity contribution in [2.75, 3.05) is 13.2 Å². The Morgan fingerprint density at radius 1 is 1.40 bits per heavy atom. The van der Waals surface area contributed by atoms with E-state index < -0.39 is 0 Å². The summed E-state index contributed by atoms with van der Waals surface area (Å²) in [6.07, 6.45) is 4.78. The van der Waals surface area contributed by atoms with Crippen LogP contribution in [0.25, 0.3) is 0 Å². The summed E-state index contributed by atoms with van der Waals surface area (Å²) in [4.78, 5) is 12.3. The van der Waals surface area contributed by atoms with Crippen LogP contribution in [0.3, 0.4) is 0 Å². The maximum absolute atomic E-state index is 12.3. The van der Waals surface area contributed by atoms with Crippen molar-refractivity contribution in [3.8, 4) is 11.8 Å². The van der Waals surface area contributed by atoms with Gasteiger partial charge in [0.25, 0.3) is 5.91 Å². The molecule has 1 fully saturated rings. The Hall–Kier alpha value is -1.79. The predicted molar refractivity (Wildman–Crippen MR) is 79.3 cm³/mol. The van der Waals surface area contributed by atoms with Crippen LogP contribution in [-0.4, -0.2) is 24.2 Å². The second-order valence-corrected chi connectivity index (χ2v) is 5.40. The van der Waals surface area contributed by atoms with Crippen LogP contribution < -0.4 is 5.32 Å². The van der Waals surface area contributed by atoms with Crippen LogP contribution in [0.5, 0.6) is 0 Å². The predicted octanol–water partition coefficient (Wildman–Crippen LogP) is 2.34. The van der Waals surface area contributed by atoms with Crippen molar-refractivity contribution in [3.63, 3.8) is 0 Å². The molecule has 0 aliphatic heterocycles. The molecule has 0 heterocycles. The molecule has 3 nitrogen and oxygen atoms in total. The summed E-state index contributed by atoms with van der Waals surface area (Å²) in [6, 6.07) is 7.25. The Labute approximate surface area is 120 Å². The first-order chi connectivity index (χ1) is 9.71. The minimum atomic E-state index is -0.200. The number of benzene rings is 1. The molecular formula is C17H21NO2. The minimum absolute atomic E-state index is 0.0763. The molecule has 0 saturated heterocycles. The second-order valence-electron chi connectivity index (χ2n) is 5.40. The van der Waals surface area contributed by atoms with Crippen molar-refractivity contribution in [1.29, 1.82) is 0 Å². The third kappa shape index (κ3) is 3.20. The van der Waals surface area contributed by atoms with Crippen LogP contribution in [0.2, 0.25) is 0 Å². The van der Waals surface area contributed by atoms with Crippen molar-refractivity contribution < 1.29 is 9.90 Å². The third-order valence-corrected chi connectivity index (χ3v) is 4.26. The highest BCUT2D eigenvalue weighted by Gasteiger charge is 2.35. The molecule has 1 aliphatic carbocycles. The number of hydrogen-bond donors (Lipinski definition) is 2. The molecule has 2 N–H and O–H groups in total. The summed E-state index contributed by atoms with van der Waals surface area (Å²) in [7, 11) is 0. The van der Waals surface area contributed by atoms with E-state index in [1.54, 1.807) is 12.1 Å². The molecule has 0 unspecified atom stereocenters. The zero-order valence-corrected chi connectivity index (χ0v) is 11.9. The third-order valence-electron chi connectivity index (χ3n) is 4.26. The molecule has 0 aromatic heterocycles.